The van der Waals surface area contributed by atoms with Crippen LogP contribution >= 0.6 is 15.9 Å². The lowest BCUT2D eigenvalue weighted by Gasteiger charge is -2.32. The average molecular weight is 397 g/mol. The van der Waals surface area contributed by atoms with Crippen LogP contribution in [0.25, 0.3) is 10.9 Å². The maximum Gasteiger partial charge on any atom is 0.0459 e. The minimum Gasteiger partial charge on any atom is -0.358 e. The van der Waals surface area contributed by atoms with Crippen molar-refractivity contribution in [3.8, 4) is 0 Å². The van der Waals surface area contributed by atoms with E-state index in [1.165, 1.54) is 53.7 Å². The van der Waals surface area contributed by atoms with E-state index in [1.807, 2.05) is 0 Å². The number of halogens is 1. The third-order valence-electron chi connectivity index (χ3n) is 5.62. The van der Waals surface area contributed by atoms with Gasteiger partial charge in [-0.25, -0.2) is 0 Å². The molecule has 0 atom stereocenters. The maximum absolute atomic E-state index is 3.61. The first-order chi connectivity index (χ1) is 12.2. The number of aromatic amines is 1. The van der Waals surface area contributed by atoms with Crippen LogP contribution in [-0.2, 0) is 6.42 Å². The largest absolute Gasteiger partial charge is 0.358 e. The predicted octanol–water partition coefficient (Wildman–Crippen LogP) is 5.66. The summed E-state index contributed by atoms with van der Waals surface area (Å²) in [6.45, 7) is 5.78. The van der Waals surface area contributed by atoms with E-state index >= 15 is 0 Å². The zero-order valence-electron chi connectivity index (χ0n) is 14.8. The Morgan fingerprint density at radius 3 is 2.60 bits per heavy atom. The van der Waals surface area contributed by atoms with Crippen molar-refractivity contribution < 1.29 is 0 Å². The number of likely N-dealkylation sites (tertiary alicyclic amines) is 1. The first kappa shape index (κ1) is 16.9. The van der Waals surface area contributed by atoms with Gasteiger partial charge >= 0.3 is 0 Å². The van der Waals surface area contributed by atoms with Gasteiger partial charge < -0.3 is 9.88 Å². The van der Waals surface area contributed by atoms with Crippen LogP contribution in [0, 0.1) is 6.92 Å². The van der Waals surface area contributed by atoms with Crippen molar-refractivity contribution in [2.24, 2.45) is 0 Å². The van der Waals surface area contributed by atoms with Crippen LogP contribution in [0.5, 0.6) is 0 Å². The molecule has 1 saturated heterocycles. The van der Waals surface area contributed by atoms with Gasteiger partial charge in [-0.2, -0.15) is 0 Å². The van der Waals surface area contributed by atoms with Crippen LogP contribution in [0.4, 0.5) is 0 Å². The lowest BCUT2D eigenvalue weighted by molar-refractivity contribution is 0.214. The van der Waals surface area contributed by atoms with Crippen molar-refractivity contribution in [1.29, 1.82) is 0 Å². The van der Waals surface area contributed by atoms with Gasteiger partial charge in [0.15, 0.2) is 0 Å². The summed E-state index contributed by atoms with van der Waals surface area (Å²) in [5.74, 6) is 0.739. The Bertz CT molecular complexity index is 845. The second-order valence-corrected chi connectivity index (χ2v) is 8.11. The lowest BCUT2D eigenvalue weighted by Crippen LogP contribution is -2.34. The topological polar surface area (TPSA) is 19.0 Å². The van der Waals surface area contributed by atoms with Crippen LogP contribution in [0.2, 0.25) is 0 Å². The quantitative estimate of drug-likeness (QED) is 0.602. The lowest BCUT2D eigenvalue weighted by atomic mass is 9.89. The standard InChI is InChI=1S/C22H25BrN2/c1-16-20(21-15-19(23)7-8-22(21)24-16)11-14-25-12-9-18(10-13-25)17-5-3-2-4-6-17/h2-8,15,18,24H,9-14H2,1H3. The van der Waals surface area contributed by atoms with Gasteiger partial charge in [-0.1, -0.05) is 46.3 Å². The molecule has 0 radical (unpaired) electrons. The monoisotopic (exact) mass is 396 g/mol. The number of aromatic nitrogens is 1. The number of piperidine rings is 1. The van der Waals surface area contributed by atoms with Crippen LogP contribution in [0.1, 0.15) is 35.6 Å². The number of nitrogens with zero attached hydrogens (tertiary/aromatic N) is 1. The molecule has 0 spiro atoms. The molecular weight excluding hydrogens is 372 g/mol. The molecule has 2 heterocycles. The number of rotatable bonds is 4. The van der Waals surface area contributed by atoms with E-state index in [9.17, 15) is 0 Å². The fourth-order valence-corrected chi connectivity index (χ4v) is 4.52. The number of H-pyrrole nitrogens is 1. The molecule has 1 aliphatic rings. The summed E-state index contributed by atoms with van der Waals surface area (Å²) in [5.41, 5.74) is 5.55. The van der Waals surface area contributed by atoms with Gasteiger partial charge in [0.1, 0.15) is 0 Å². The van der Waals surface area contributed by atoms with Gasteiger partial charge in [0.05, 0.1) is 0 Å². The maximum atomic E-state index is 3.61. The molecule has 1 N–H and O–H groups in total. The van der Waals surface area contributed by atoms with E-state index in [-0.39, 0.29) is 0 Å². The minimum absolute atomic E-state index is 0.739. The number of benzene rings is 2. The van der Waals surface area contributed by atoms with Crippen molar-refractivity contribution in [3.63, 3.8) is 0 Å². The molecule has 1 aromatic heterocycles. The first-order valence-electron chi connectivity index (χ1n) is 9.25. The average Bonchev–Trinajstić information content (AvgIpc) is 2.96. The normalized spacial score (nSPS) is 16.6. The highest BCUT2D eigenvalue weighted by Crippen LogP contribution is 2.29. The van der Waals surface area contributed by atoms with Gasteiger partial charge in [-0.3, -0.25) is 0 Å². The van der Waals surface area contributed by atoms with Crippen molar-refractivity contribution in [1.82, 2.24) is 9.88 Å². The zero-order valence-corrected chi connectivity index (χ0v) is 16.3. The van der Waals surface area contributed by atoms with Crippen LogP contribution < -0.4 is 0 Å². The molecule has 2 nitrogen and oxygen atoms in total. The minimum atomic E-state index is 0.739. The number of nitrogens with one attached hydrogen (secondary N) is 1. The fourth-order valence-electron chi connectivity index (χ4n) is 4.16. The van der Waals surface area contributed by atoms with E-state index in [4.69, 9.17) is 0 Å². The summed E-state index contributed by atoms with van der Waals surface area (Å²) in [7, 11) is 0. The summed E-state index contributed by atoms with van der Waals surface area (Å²) in [6.07, 6.45) is 3.68. The highest BCUT2D eigenvalue weighted by atomic mass is 79.9. The number of hydrogen-bond acceptors (Lipinski definition) is 1. The molecule has 130 valence electrons. The summed E-state index contributed by atoms with van der Waals surface area (Å²) in [4.78, 5) is 6.17. The Morgan fingerprint density at radius 2 is 1.84 bits per heavy atom. The fraction of sp³-hybridized carbons (Fsp3) is 0.364. The van der Waals surface area contributed by atoms with E-state index < -0.39 is 0 Å². The Balaban J connectivity index is 1.39. The van der Waals surface area contributed by atoms with E-state index in [2.05, 4.69) is 81.3 Å². The van der Waals surface area contributed by atoms with Gasteiger partial charge in [0.2, 0.25) is 0 Å². The summed E-state index contributed by atoms with van der Waals surface area (Å²) in [6, 6.07) is 17.5. The molecule has 0 aliphatic carbocycles. The highest BCUT2D eigenvalue weighted by Gasteiger charge is 2.20. The highest BCUT2D eigenvalue weighted by molar-refractivity contribution is 9.10. The zero-order chi connectivity index (χ0) is 17.2. The van der Waals surface area contributed by atoms with Crippen LogP contribution in [0.3, 0.4) is 0 Å². The SMILES string of the molecule is Cc1[nH]c2ccc(Br)cc2c1CCN1CCC(c2ccccc2)CC1. The molecule has 2 aromatic carbocycles. The Morgan fingerprint density at radius 1 is 1.08 bits per heavy atom. The van der Waals surface area contributed by atoms with E-state index in [0.717, 1.165) is 23.4 Å². The summed E-state index contributed by atoms with van der Waals surface area (Å²) in [5, 5.41) is 1.37. The molecular formula is C22H25BrN2. The Labute approximate surface area is 158 Å². The summed E-state index contributed by atoms with van der Waals surface area (Å²) >= 11 is 3.61. The molecule has 0 bridgehead atoms. The van der Waals surface area contributed by atoms with Crippen molar-refractivity contribution >= 4 is 26.8 Å². The molecule has 0 saturated carbocycles. The molecule has 3 aromatic rings. The second-order valence-electron chi connectivity index (χ2n) is 7.20. The third kappa shape index (κ3) is 3.68. The molecule has 0 unspecified atom stereocenters. The number of aryl methyl sites for hydroxylation is 1. The molecule has 3 heteroatoms. The van der Waals surface area contributed by atoms with Crippen molar-refractivity contribution in [2.75, 3.05) is 19.6 Å². The van der Waals surface area contributed by atoms with E-state index in [0.29, 0.717) is 0 Å². The van der Waals surface area contributed by atoms with Crippen LogP contribution in [0.15, 0.2) is 53.0 Å². The van der Waals surface area contributed by atoms with Crippen molar-refractivity contribution in [3.05, 3.63) is 69.8 Å². The van der Waals surface area contributed by atoms with Gasteiger partial charge in [-0.05, 0) is 74.5 Å². The second kappa shape index (κ2) is 7.35. The van der Waals surface area contributed by atoms with Gasteiger partial charge in [0, 0.05) is 27.6 Å². The smallest absolute Gasteiger partial charge is 0.0459 e. The molecule has 0 amide bonds. The predicted molar refractivity (Wildman–Crippen MR) is 109 cm³/mol. The Hall–Kier alpha value is -1.58. The Kier molecular flexibility index (Phi) is 4.96. The summed E-state index contributed by atoms with van der Waals surface area (Å²) < 4.78 is 1.16. The van der Waals surface area contributed by atoms with Crippen molar-refractivity contribution in [2.45, 2.75) is 32.1 Å². The first-order valence-corrected chi connectivity index (χ1v) is 10.0. The van der Waals surface area contributed by atoms with Gasteiger partial charge in [0.25, 0.3) is 0 Å². The van der Waals surface area contributed by atoms with Crippen LogP contribution in [-0.4, -0.2) is 29.5 Å². The number of fused-ring (bicyclic) bond motifs is 1. The molecule has 4 rings (SSSR count). The molecule has 1 aliphatic heterocycles. The number of hydrogen-bond donors (Lipinski definition) is 1. The molecule has 1 fully saturated rings. The molecule has 25 heavy (non-hydrogen) atoms. The third-order valence-corrected chi connectivity index (χ3v) is 6.11. The van der Waals surface area contributed by atoms with E-state index in [1.54, 1.807) is 0 Å². The van der Waals surface area contributed by atoms with Gasteiger partial charge in [-0.15, -0.1) is 0 Å².